The number of esters is 1. The van der Waals surface area contributed by atoms with Crippen LogP contribution < -0.4 is 5.32 Å². The van der Waals surface area contributed by atoms with Gasteiger partial charge in [0.05, 0.1) is 13.5 Å². The Morgan fingerprint density at radius 2 is 1.79 bits per heavy atom. The zero-order valence-electron chi connectivity index (χ0n) is 20.2. The van der Waals surface area contributed by atoms with E-state index in [0.717, 1.165) is 44.6 Å². The summed E-state index contributed by atoms with van der Waals surface area (Å²) in [6.07, 6.45) is 4.94. The lowest BCUT2D eigenvalue weighted by Gasteiger charge is -2.32. The number of hydrogen-bond acceptors (Lipinski definition) is 7. The first-order chi connectivity index (χ1) is 15.6. The van der Waals surface area contributed by atoms with Gasteiger partial charge in [-0.15, -0.1) is 0 Å². The van der Waals surface area contributed by atoms with E-state index in [1.54, 1.807) is 11.1 Å². The van der Waals surface area contributed by atoms with E-state index in [1.807, 2.05) is 20.8 Å². The highest BCUT2D eigenvalue weighted by atomic mass is 16.6. The first kappa shape index (κ1) is 25.0. The summed E-state index contributed by atoms with van der Waals surface area (Å²) in [7, 11) is 1.40. The second-order valence-corrected chi connectivity index (χ2v) is 9.84. The maximum absolute atomic E-state index is 12.7. The summed E-state index contributed by atoms with van der Waals surface area (Å²) in [6, 6.07) is 0. The van der Waals surface area contributed by atoms with Gasteiger partial charge in [-0.1, -0.05) is 0 Å². The number of carbonyl (C=O) groups excluding carboxylic acids is 3. The number of methoxy groups -OCH3 is 1. The molecule has 0 atom stereocenters. The highest BCUT2D eigenvalue weighted by Gasteiger charge is 2.29. The molecule has 1 aromatic heterocycles. The number of rotatable bonds is 6. The number of ether oxygens (including phenoxy) is 2. The molecule has 184 valence electrons. The van der Waals surface area contributed by atoms with Gasteiger partial charge in [0, 0.05) is 37.7 Å². The second kappa shape index (κ2) is 11.0. The van der Waals surface area contributed by atoms with Crippen molar-refractivity contribution >= 4 is 23.8 Å². The summed E-state index contributed by atoms with van der Waals surface area (Å²) in [4.78, 5) is 47.9. The Morgan fingerprint density at radius 1 is 1.12 bits per heavy atom. The third-order valence-electron chi connectivity index (χ3n) is 6.20. The number of piperidine rings is 2. The van der Waals surface area contributed by atoms with E-state index in [4.69, 9.17) is 4.74 Å². The number of carbonyl (C=O) groups is 3. The number of H-pyrrole nitrogens is 1. The molecule has 2 saturated heterocycles. The van der Waals surface area contributed by atoms with Gasteiger partial charge in [-0.25, -0.2) is 9.78 Å². The first-order valence-corrected chi connectivity index (χ1v) is 11.8. The van der Waals surface area contributed by atoms with Crippen molar-refractivity contribution in [3.63, 3.8) is 0 Å². The van der Waals surface area contributed by atoms with Gasteiger partial charge in [-0.05, 0) is 59.5 Å². The number of amides is 2. The van der Waals surface area contributed by atoms with Crippen LogP contribution in [0.5, 0.6) is 0 Å². The van der Waals surface area contributed by atoms with Crippen LogP contribution in [0, 0.1) is 5.92 Å². The Hall–Kier alpha value is -2.62. The van der Waals surface area contributed by atoms with Crippen LogP contribution in [0.25, 0.3) is 0 Å². The van der Waals surface area contributed by atoms with E-state index in [-0.39, 0.29) is 29.8 Å². The molecule has 0 radical (unpaired) electrons. The standard InChI is InChI=1S/C23H37N5O5/c1-23(2,3)33-22(31)28-13-7-16(8-14-28)20-24-15-18(25-20)26-21(30)17-5-10-27(11-6-17)12-9-19(29)32-4/h15-17H,5-14H2,1-4H3,(H,24,25)(H,26,30). The average molecular weight is 464 g/mol. The highest BCUT2D eigenvalue weighted by Crippen LogP contribution is 2.28. The molecule has 2 N–H and O–H groups in total. The van der Waals surface area contributed by atoms with Crippen molar-refractivity contribution in [2.24, 2.45) is 5.92 Å². The van der Waals surface area contributed by atoms with Crippen LogP contribution in [-0.2, 0) is 19.1 Å². The lowest BCUT2D eigenvalue weighted by Crippen LogP contribution is -2.41. The van der Waals surface area contributed by atoms with E-state index < -0.39 is 5.60 Å². The molecule has 0 unspecified atom stereocenters. The topological polar surface area (TPSA) is 117 Å². The fourth-order valence-corrected chi connectivity index (χ4v) is 4.27. The Morgan fingerprint density at radius 3 is 2.39 bits per heavy atom. The Bertz CT molecular complexity index is 817. The zero-order valence-corrected chi connectivity index (χ0v) is 20.2. The monoisotopic (exact) mass is 463 g/mol. The van der Waals surface area contributed by atoms with E-state index >= 15 is 0 Å². The fourth-order valence-electron chi connectivity index (χ4n) is 4.27. The predicted octanol–water partition coefficient (Wildman–Crippen LogP) is 2.74. The van der Waals surface area contributed by atoms with Crippen molar-refractivity contribution in [2.75, 3.05) is 45.2 Å². The van der Waals surface area contributed by atoms with Crippen LogP contribution in [0.3, 0.4) is 0 Å². The maximum atomic E-state index is 12.7. The molecule has 0 aliphatic carbocycles. The Kier molecular flexibility index (Phi) is 8.34. The molecular weight excluding hydrogens is 426 g/mol. The molecule has 0 bridgehead atoms. The van der Waals surface area contributed by atoms with Crippen LogP contribution in [0.1, 0.15) is 64.6 Å². The van der Waals surface area contributed by atoms with Gasteiger partial charge in [0.15, 0.2) is 5.82 Å². The average Bonchev–Trinajstić information content (AvgIpc) is 3.25. The fraction of sp³-hybridized carbons (Fsp3) is 0.739. The summed E-state index contributed by atoms with van der Waals surface area (Å²) in [6.45, 7) is 9.08. The number of anilines is 1. The SMILES string of the molecule is COC(=O)CCN1CCC(C(=O)Nc2c[nH]c(C3CCN(C(=O)OC(C)(C)C)CC3)n2)CC1. The third-order valence-corrected chi connectivity index (χ3v) is 6.20. The van der Waals surface area contributed by atoms with Crippen molar-refractivity contribution in [1.82, 2.24) is 19.8 Å². The van der Waals surface area contributed by atoms with Gasteiger partial charge in [0.2, 0.25) is 5.91 Å². The number of imidazole rings is 1. The van der Waals surface area contributed by atoms with E-state index in [0.29, 0.717) is 31.9 Å². The summed E-state index contributed by atoms with van der Waals surface area (Å²) in [5.74, 6) is 1.31. The summed E-state index contributed by atoms with van der Waals surface area (Å²) in [5.41, 5.74) is -0.498. The number of nitrogens with zero attached hydrogens (tertiary/aromatic N) is 3. The summed E-state index contributed by atoms with van der Waals surface area (Å²) < 4.78 is 10.1. The van der Waals surface area contributed by atoms with Crippen LogP contribution in [-0.4, -0.2) is 83.2 Å². The molecule has 2 amide bonds. The molecular formula is C23H37N5O5. The lowest BCUT2D eigenvalue weighted by atomic mass is 9.96. The van der Waals surface area contributed by atoms with Crippen molar-refractivity contribution in [3.8, 4) is 0 Å². The smallest absolute Gasteiger partial charge is 0.410 e. The predicted molar refractivity (Wildman–Crippen MR) is 123 cm³/mol. The lowest BCUT2D eigenvalue weighted by molar-refractivity contribution is -0.141. The van der Waals surface area contributed by atoms with E-state index in [9.17, 15) is 14.4 Å². The third kappa shape index (κ3) is 7.45. The molecule has 0 aromatic carbocycles. The molecule has 2 fully saturated rings. The first-order valence-electron chi connectivity index (χ1n) is 11.8. The van der Waals surface area contributed by atoms with Gasteiger partial charge >= 0.3 is 12.1 Å². The minimum absolute atomic E-state index is 0.0135. The van der Waals surface area contributed by atoms with Crippen LogP contribution >= 0.6 is 0 Å². The highest BCUT2D eigenvalue weighted by molar-refractivity contribution is 5.91. The number of likely N-dealkylation sites (tertiary alicyclic amines) is 2. The largest absolute Gasteiger partial charge is 0.469 e. The quantitative estimate of drug-likeness (QED) is 0.623. The maximum Gasteiger partial charge on any atom is 0.410 e. The zero-order chi connectivity index (χ0) is 24.0. The van der Waals surface area contributed by atoms with Crippen molar-refractivity contribution < 1.29 is 23.9 Å². The number of aromatic nitrogens is 2. The normalized spacial score (nSPS) is 18.7. The van der Waals surface area contributed by atoms with Gasteiger partial charge in [0.1, 0.15) is 11.4 Å². The number of hydrogen-bond donors (Lipinski definition) is 2. The van der Waals surface area contributed by atoms with Crippen LogP contribution in [0.4, 0.5) is 10.6 Å². The Labute approximate surface area is 195 Å². The number of aromatic amines is 1. The minimum atomic E-state index is -0.498. The Balaban J connectivity index is 1.42. The van der Waals surface area contributed by atoms with E-state index in [2.05, 4.69) is 24.9 Å². The molecule has 3 heterocycles. The molecule has 3 rings (SSSR count). The van der Waals surface area contributed by atoms with Crippen LogP contribution in [0.2, 0.25) is 0 Å². The second-order valence-electron chi connectivity index (χ2n) is 9.84. The minimum Gasteiger partial charge on any atom is -0.469 e. The van der Waals surface area contributed by atoms with Gasteiger partial charge in [-0.2, -0.15) is 0 Å². The molecule has 0 spiro atoms. The number of nitrogens with one attached hydrogen (secondary N) is 2. The molecule has 33 heavy (non-hydrogen) atoms. The van der Waals surface area contributed by atoms with Crippen molar-refractivity contribution in [2.45, 2.75) is 64.4 Å². The molecule has 1 aromatic rings. The molecule has 10 nitrogen and oxygen atoms in total. The molecule has 2 aliphatic rings. The van der Waals surface area contributed by atoms with Gasteiger partial charge < -0.3 is 29.6 Å². The van der Waals surface area contributed by atoms with Gasteiger partial charge in [0.25, 0.3) is 0 Å². The van der Waals surface area contributed by atoms with Crippen LogP contribution in [0.15, 0.2) is 6.20 Å². The molecule has 10 heteroatoms. The molecule has 0 saturated carbocycles. The molecule has 2 aliphatic heterocycles. The van der Waals surface area contributed by atoms with E-state index in [1.165, 1.54) is 7.11 Å². The summed E-state index contributed by atoms with van der Waals surface area (Å²) in [5, 5.41) is 2.94. The van der Waals surface area contributed by atoms with Gasteiger partial charge in [-0.3, -0.25) is 9.59 Å². The summed E-state index contributed by atoms with van der Waals surface area (Å²) >= 11 is 0. The van der Waals surface area contributed by atoms with Crippen molar-refractivity contribution in [3.05, 3.63) is 12.0 Å². The van der Waals surface area contributed by atoms with Crippen molar-refractivity contribution in [1.29, 1.82) is 0 Å².